The predicted molar refractivity (Wildman–Crippen MR) is 89.7 cm³/mol. The highest BCUT2D eigenvalue weighted by molar-refractivity contribution is 14.1. The van der Waals surface area contributed by atoms with Gasteiger partial charge in [-0.2, -0.15) is 0 Å². The first kappa shape index (κ1) is 17.9. The van der Waals surface area contributed by atoms with E-state index in [1.165, 1.54) is 6.07 Å². The Morgan fingerprint density at radius 2 is 1.95 bits per heavy atom. The fraction of sp³-hybridized carbons (Fsp3) is 0.500. The highest BCUT2D eigenvalue weighted by Crippen LogP contribution is 2.20. The van der Waals surface area contributed by atoms with Crippen LogP contribution in [0.1, 0.15) is 60.7 Å². The van der Waals surface area contributed by atoms with Gasteiger partial charge in [-0.05, 0) is 59.9 Å². The minimum absolute atomic E-state index is 0.0156. The molecular formula is C16H21IO4. The number of halogens is 1. The molecule has 0 aliphatic rings. The quantitative estimate of drug-likeness (QED) is 0.542. The number of hydrogen-bond acceptors (Lipinski definition) is 3. The van der Waals surface area contributed by atoms with Gasteiger partial charge in [0.15, 0.2) is 0 Å². The van der Waals surface area contributed by atoms with Crippen LogP contribution in [0.3, 0.4) is 0 Å². The van der Waals surface area contributed by atoms with E-state index in [4.69, 9.17) is 4.74 Å². The zero-order valence-corrected chi connectivity index (χ0v) is 14.7. The number of esters is 1. The maximum atomic E-state index is 12.2. The van der Waals surface area contributed by atoms with Gasteiger partial charge in [-0.3, -0.25) is 0 Å². The van der Waals surface area contributed by atoms with Crippen LogP contribution in [0, 0.1) is 9.49 Å². The number of ether oxygens (including phenoxy) is 1. The molecule has 21 heavy (non-hydrogen) atoms. The Labute approximate surface area is 139 Å². The summed E-state index contributed by atoms with van der Waals surface area (Å²) in [5, 5.41) is 9.25. The molecule has 0 bridgehead atoms. The first-order valence-corrected chi connectivity index (χ1v) is 8.17. The Morgan fingerprint density at radius 3 is 2.48 bits per heavy atom. The van der Waals surface area contributed by atoms with Crippen LogP contribution in [0.4, 0.5) is 0 Å². The van der Waals surface area contributed by atoms with Crippen molar-refractivity contribution in [3.8, 4) is 0 Å². The van der Waals surface area contributed by atoms with Crippen LogP contribution >= 0.6 is 22.6 Å². The molecule has 0 aromatic heterocycles. The number of carbonyl (C=O) groups excluding carboxylic acids is 1. The van der Waals surface area contributed by atoms with Crippen LogP contribution in [0.5, 0.6) is 0 Å². The van der Waals surface area contributed by atoms with Gasteiger partial charge >= 0.3 is 11.9 Å². The van der Waals surface area contributed by atoms with Gasteiger partial charge in [0.05, 0.1) is 11.1 Å². The predicted octanol–water partition coefficient (Wildman–Crippen LogP) is 4.36. The van der Waals surface area contributed by atoms with Gasteiger partial charge < -0.3 is 9.84 Å². The molecule has 1 aromatic rings. The van der Waals surface area contributed by atoms with Crippen molar-refractivity contribution >= 4 is 34.5 Å². The first-order chi connectivity index (χ1) is 9.86. The Kier molecular flexibility index (Phi) is 7.14. The lowest BCUT2D eigenvalue weighted by molar-refractivity contribution is 0.0255. The maximum Gasteiger partial charge on any atom is 0.339 e. The third-order valence-electron chi connectivity index (χ3n) is 3.24. The van der Waals surface area contributed by atoms with Crippen molar-refractivity contribution in [1.82, 2.24) is 0 Å². The Morgan fingerprint density at radius 1 is 1.29 bits per heavy atom. The van der Waals surface area contributed by atoms with Crippen LogP contribution in [0.2, 0.25) is 0 Å². The van der Waals surface area contributed by atoms with Gasteiger partial charge in [-0.1, -0.05) is 26.8 Å². The van der Waals surface area contributed by atoms with Gasteiger partial charge in [0, 0.05) is 3.57 Å². The van der Waals surface area contributed by atoms with E-state index in [9.17, 15) is 14.7 Å². The van der Waals surface area contributed by atoms with Crippen LogP contribution in [0.15, 0.2) is 18.2 Å². The van der Waals surface area contributed by atoms with Crippen molar-refractivity contribution in [2.75, 3.05) is 0 Å². The third-order valence-corrected chi connectivity index (χ3v) is 4.14. The summed E-state index contributed by atoms with van der Waals surface area (Å²) in [6, 6.07) is 4.83. The molecule has 0 heterocycles. The summed E-state index contributed by atoms with van der Waals surface area (Å²) in [4.78, 5) is 23.6. The summed E-state index contributed by atoms with van der Waals surface area (Å²) in [7, 11) is 0. The fourth-order valence-corrected chi connectivity index (χ4v) is 2.72. The van der Waals surface area contributed by atoms with Crippen LogP contribution < -0.4 is 0 Å². The summed E-state index contributed by atoms with van der Waals surface area (Å²) in [5.41, 5.74) is 0.138. The molecule has 0 saturated heterocycles. The van der Waals surface area contributed by atoms with Gasteiger partial charge in [0.25, 0.3) is 0 Å². The third kappa shape index (κ3) is 5.30. The molecule has 4 nitrogen and oxygen atoms in total. The summed E-state index contributed by atoms with van der Waals surface area (Å²) in [6.45, 7) is 6.21. The second kappa shape index (κ2) is 8.36. The largest absolute Gasteiger partial charge is 0.478 e. The molecule has 0 amide bonds. The van der Waals surface area contributed by atoms with E-state index in [1.807, 2.05) is 29.5 Å². The molecule has 1 rings (SSSR count). The monoisotopic (exact) mass is 404 g/mol. The van der Waals surface area contributed by atoms with E-state index in [1.54, 1.807) is 12.1 Å². The van der Waals surface area contributed by atoms with Crippen molar-refractivity contribution < 1.29 is 19.4 Å². The highest BCUT2D eigenvalue weighted by Gasteiger charge is 2.22. The molecule has 0 spiro atoms. The van der Waals surface area contributed by atoms with Gasteiger partial charge in [-0.25, -0.2) is 9.59 Å². The standard InChI is InChI=1S/C16H21IO4/c1-4-11(9-8-10(2)3)21-16(20)12-6-5-7-13(17)14(12)15(18)19/h5-7,10-11H,4,8-9H2,1-3H3,(H,18,19). The molecule has 1 atom stereocenters. The van der Waals surface area contributed by atoms with Crippen molar-refractivity contribution in [2.45, 2.75) is 46.1 Å². The number of rotatable bonds is 7. The number of aromatic carboxylic acids is 1. The molecule has 1 aromatic carbocycles. The Hall–Kier alpha value is -1.11. The van der Waals surface area contributed by atoms with Gasteiger partial charge in [-0.15, -0.1) is 0 Å². The smallest absolute Gasteiger partial charge is 0.339 e. The lowest BCUT2D eigenvalue weighted by atomic mass is 10.0. The summed E-state index contributed by atoms with van der Waals surface area (Å²) in [5.74, 6) is -1.12. The molecular weight excluding hydrogens is 383 g/mol. The number of carbonyl (C=O) groups is 2. The summed E-state index contributed by atoms with van der Waals surface area (Å²) in [6.07, 6.45) is 2.33. The molecule has 5 heteroatoms. The van der Waals surface area contributed by atoms with E-state index in [-0.39, 0.29) is 17.2 Å². The second-order valence-corrected chi connectivity index (χ2v) is 6.54. The van der Waals surface area contributed by atoms with Crippen LogP contribution in [-0.4, -0.2) is 23.1 Å². The summed E-state index contributed by atoms with van der Waals surface area (Å²) >= 11 is 1.91. The lowest BCUT2D eigenvalue weighted by Gasteiger charge is -2.18. The van der Waals surface area contributed by atoms with Crippen molar-refractivity contribution in [2.24, 2.45) is 5.92 Å². The lowest BCUT2D eigenvalue weighted by Crippen LogP contribution is -2.20. The van der Waals surface area contributed by atoms with E-state index >= 15 is 0 Å². The average molecular weight is 404 g/mol. The second-order valence-electron chi connectivity index (χ2n) is 5.37. The average Bonchev–Trinajstić information content (AvgIpc) is 2.42. The van der Waals surface area contributed by atoms with Gasteiger partial charge in [0.1, 0.15) is 6.10 Å². The van der Waals surface area contributed by atoms with E-state index in [0.29, 0.717) is 9.49 Å². The number of carboxylic acids is 1. The first-order valence-electron chi connectivity index (χ1n) is 7.09. The molecule has 1 unspecified atom stereocenters. The van der Waals surface area contributed by atoms with Crippen molar-refractivity contribution in [3.63, 3.8) is 0 Å². The number of carboxylic acid groups (broad SMARTS) is 1. The zero-order chi connectivity index (χ0) is 16.0. The van der Waals surface area contributed by atoms with Crippen molar-refractivity contribution in [1.29, 1.82) is 0 Å². The Bertz CT molecular complexity index is 511. The highest BCUT2D eigenvalue weighted by atomic mass is 127. The van der Waals surface area contributed by atoms with E-state index in [2.05, 4.69) is 13.8 Å². The van der Waals surface area contributed by atoms with Crippen LogP contribution in [-0.2, 0) is 4.74 Å². The number of hydrogen-bond donors (Lipinski definition) is 1. The summed E-state index contributed by atoms with van der Waals surface area (Å²) < 4.78 is 6.01. The topological polar surface area (TPSA) is 63.6 Å². The van der Waals surface area contributed by atoms with E-state index < -0.39 is 11.9 Å². The van der Waals surface area contributed by atoms with Crippen LogP contribution in [0.25, 0.3) is 0 Å². The van der Waals surface area contributed by atoms with Gasteiger partial charge in [0.2, 0.25) is 0 Å². The minimum atomic E-state index is -1.11. The molecule has 0 saturated carbocycles. The molecule has 0 fully saturated rings. The van der Waals surface area contributed by atoms with Crippen molar-refractivity contribution in [3.05, 3.63) is 32.9 Å². The molecule has 0 radical (unpaired) electrons. The fourth-order valence-electron chi connectivity index (χ4n) is 1.99. The van der Waals surface area contributed by atoms with E-state index in [0.717, 1.165) is 19.3 Å². The maximum absolute atomic E-state index is 12.2. The minimum Gasteiger partial charge on any atom is -0.478 e. The molecule has 1 N–H and O–H groups in total. The Balaban J connectivity index is 2.88. The zero-order valence-electron chi connectivity index (χ0n) is 12.6. The number of benzene rings is 1. The molecule has 0 aliphatic heterocycles. The molecule has 0 aliphatic carbocycles. The SMILES string of the molecule is CCC(CCC(C)C)OC(=O)c1cccc(I)c1C(=O)O. The molecule has 116 valence electrons. The normalized spacial score (nSPS) is 12.2.